The Kier molecular flexibility index (Phi) is 10.6. The summed E-state index contributed by atoms with van der Waals surface area (Å²) in [7, 11) is 3.36. The molecule has 3 N–H and O–H groups in total. The van der Waals surface area contributed by atoms with Gasteiger partial charge in [-0.2, -0.15) is 23.3 Å². The van der Waals surface area contributed by atoms with Crippen LogP contribution in [0, 0.1) is 5.82 Å². The molecular formula is C31H34F4N7O4P. The van der Waals surface area contributed by atoms with Gasteiger partial charge >= 0.3 is 6.18 Å². The molecule has 0 spiro atoms. The summed E-state index contributed by atoms with van der Waals surface area (Å²) in [4.78, 5) is 22.6. The van der Waals surface area contributed by atoms with Crippen molar-refractivity contribution in [1.29, 1.82) is 0 Å². The van der Waals surface area contributed by atoms with E-state index in [1.165, 1.54) is 25.3 Å². The van der Waals surface area contributed by atoms with Gasteiger partial charge in [0.05, 0.1) is 30.2 Å². The minimum absolute atomic E-state index is 0.0236. The van der Waals surface area contributed by atoms with E-state index >= 15 is 4.39 Å². The lowest BCUT2D eigenvalue weighted by Crippen LogP contribution is -2.18. The Morgan fingerprint density at radius 3 is 2.66 bits per heavy atom. The lowest BCUT2D eigenvalue weighted by atomic mass is 9.96. The summed E-state index contributed by atoms with van der Waals surface area (Å²) < 4.78 is 70.7. The van der Waals surface area contributed by atoms with Crippen molar-refractivity contribution in [3.63, 3.8) is 0 Å². The quantitative estimate of drug-likeness (QED) is 0.0822. The number of alkyl halides is 3. The van der Waals surface area contributed by atoms with Gasteiger partial charge in [0.2, 0.25) is 5.95 Å². The fourth-order valence-corrected chi connectivity index (χ4v) is 5.96. The summed E-state index contributed by atoms with van der Waals surface area (Å²) in [5, 5.41) is 18.8. The summed E-state index contributed by atoms with van der Waals surface area (Å²) in [6.45, 7) is 2.95. The molecule has 1 unspecified atom stereocenters. The Bertz CT molecular complexity index is 1750. The maximum Gasteiger partial charge on any atom is 0.421 e. The van der Waals surface area contributed by atoms with Crippen LogP contribution in [0.4, 0.5) is 40.7 Å². The van der Waals surface area contributed by atoms with E-state index in [0.29, 0.717) is 57.1 Å². The number of aromatic nitrogens is 4. The van der Waals surface area contributed by atoms with Crippen LogP contribution in [0.5, 0.6) is 5.75 Å². The second-order valence-corrected chi connectivity index (χ2v) is 11.8. The van der Waals surface area contributed by atoms with E-state index in [2.05, 4.69) is 25.7 Å². The third-order valence-corrected chi connectivity index (χ3v) is 8.37. The zero-order valence-corrected chi connectivity index (χ0v) is 26.9. The molecule has 0 aliphatic carbocycles. The summed E-state index contributed by atoms with van der Waals surface area (Å²) in [5.41, 5.74) is 0.864. The average molecular weight is 676 g/mol. The molecular weight excluding hydrogens is 641 g/mol. The molecule has 11 nitrogen and oxygen atoms in total. The van der Waals surface area contributed by atoms with Gasteiger partial charge in [-0.3, -0.25) is 9.48 Å². The van der Waals surface area contributed by atoms with Gasteiger partial charge in [0.1, 0.15) is 22.9 Å². The molecule has 2 aromatic carbocycles. The zero-order valence-electron chi connectivity index (χ0n) is 25.9. The molecule has 5 rings (SSSR count). The number of rotatable bonds is 14. The molecule has 0 radical (unpaired) electrons. The molecule has 250 valence electrons. The van der Waals surface area contributed by atoms with Gasteiger partial charge in [-0.15, -0.1) is 0 Å². The maximum absolute atomic E-state index is 15.8. The topological polar surface area (TPSA) is 127 Å². The first kappa shape index (κ1) is 34.0. The largest absolute Gasteiger partial charge is 0.495 e. The van der Waals surface area contributed by atoms with Crippen LogP contribution >= 0.6 is 8.81 Å². The van der Waals surface area contributed by atoms with Crippen LogP contribution in [0.1, 0.15) is 40.4 Å². The molecule has 1 aliphatic heterocycles. The normalized spacial score (nSPS) is 13.1. The van der Waals surface area contributed by atoms with Crippen molar-refractivity contribution in [2.24, 2.45) is 0 Å². The highest BCUT2D eigenvalue weighted by Gasteiger charge is 2.37. The number of aryl methyl sites for hydroxylation is 2. The first-order valence-corrected chi connectivity index (χ1v) is 15.9. The van der Waals surface area contributed by atoms with Crippen LogP contribution < -0.4 is 15.4 Å². The number of nitrogens with one attached hydrogen (secondary N) is 2. The molecule has 3 heterocycles. The van der Waals surface area contributed by atoms with Crippen molar-refractivity contribution in [2.45, 2.75) is 39.0 Å². The molecule has 4 aromatic rings. The third kappa shape index (κ3) is 7.64. The van der Waals surface area contributed by atoms with Crippen LogP contribution in [0.15, 0.2) is 42.9 Å². The number of hydrogen-bond acceptors (Lipinski definition) is 9. The van der Waals surface area contributed by atoms with Crippen molar-refractivity contribution >= 4 is 37.9 Å². The van der Waals surface area contributed by atoms with E-state index in [1.54, 1.807) is 16.9 Å². The number of anilines is 4. The van der Waals surface area contributed by atoms with Crippen molar-refractivity contribution < 1.29 is 36.7 Å². The van der Waals surface area contributed by atoms with Gasteiger partial charge < -0.3 is 29.9 Å². The van der Waals surface area contributed by atoms with Crippen molar-refractivity contribution in [3.05, 3.63) is 70.9 Å². The number of carbonyl (C=O) groups excluding carboxylic acids is 1. The standard InChI is InChI=1S/C31H34F4N7O4P/c1-4-46-47-11-8-18-6-7-23(25(12-18)45-3)39-30-36-15-21(31(33,34)35)28(40-30)38-24-13-22(32)26(20-17-41(2)29(44)27(20)24)19-14-37-42(16-19)9-5-10-43/h6-7,12-16,43,47H,4-5,8-11,17H2,1-3H3,(H2,36,38,39,40). The van der Waals surface area contributed by atoms with E-state index in [0.717, 1.165) is 24.2 Å². The molecule has 2 aromatic heterocycles. The Morgan fingerprint density at radius 1 is 1.13 bits per heavy atom. The number of nitrogens with zero attached hydrogens (tertiary/aromatic N) is 5. The number of methoxy groups -OCH3 is 1. The average Bonchev–Trinajstić information content (AvgIpc) is 3.62. The highest BCUT2D eigenvalue weighted by molar-refractivity contribution is 7.32. The second kappa shape index (κ2) is 14.6. The number of benzene rings is 2. The van der Waals surface area contributed by atoms with Crippen molar-refractivity contribution in [1.82, 2.24) is 24.6 Å². The highest BCUT2D eigenvalue weighted by Crippen LogP contribution is 2.42. The van der Waals surface area contributed by atoms with E-state index in [4.69, 9.17) is 14.4 Å². The summed E-state index contributed by atoms with van der Waals surface area (Å²) >= 11 is 0. The number of carbonyl (C=O) groups is 1. The van der Waals surface area contributed by atoms with Gasteiger partial charge in [-0.1, -0.05) is 6.07 Å². The lowest BCUT2D eigenvalue weighted by Gasteiger charge is -2.18. The van der Waals surface area contributed by atoms with Gasteiger partial charge in [-0.25, -0.2) is 9.37 Å². The van der Waals surface area contributed by atoms with Gasteiger partial charge in [0.25, 0.3) is 5.91 Å². The molecule has 0 fully saturated rings. The minimum Gasteiger partial charge on any atom is -0.495 e. The van der Waals surface area contributed by atoms with E-state index in [-0.39, 0.29) is 35.9 Å². The Hall–Kier alpha value is -4.33. The molecule has 0 saturated heterocycles. The number of aliphatic hydroxyl groups excluding tert-OH is 1. The molecule has 47 heavy (non-hydrogen) atoms. The highest BCUT2D eigenvalue weighted by atomic mass is 31.1. The first-order chi connectivity index (χ1) is 22.5. The molecule has 0 bridgehead atoms. The summed E-state index contributed by atoms with van der Waals surface area (Å²) in [6, 6.07) is 6.37. The summed E-state index contributed by atoms with van der Waals surface area (Å²) in [6.07, 6.45) is 0.809. The van der Waals surface area contributed by atoms with Crippen LogP contribution in [0.2, 0.25) is 0 Å². The minimum atomic E-state index is -4.87. The third-order valence-electron chi connectivity index (χ3n) is 7.43. The van der Waals surface area contributed by atoms with Crippen LogP contribution in [-0.4, -0.2) is 69.2 Å². The SMILES string of the molecule is CCOPCCc1ccc(Nc2ncc(C(F)(F)F)c(Nc3cc(F)c(-c4cnn(CCCO)c4)c4c3C(=O)N(C)C4)n2)c(OC)c1. The number of amides is 1. The van der Waals surface area contributed by atoms with Crippen molar-refractivity contribution in [3.8, 4) is 16.9 Å². The van der Waals surface area contributed by atoms with Crippen LogP contribution in [0.25, 0.3) is 11.1 Å². The second-order valence-electron chi connectivity index (χ2n) is 10.7. The molecule has 16 heteroatoms. The molecule has 1 aliphatic rings. The molecule has 1 amide bonds. The fraction of sp³-hybridized carbons (Fsp3) is 0.355. The fourth-order valence-electron chi connectivity index (χ4n) is 5.22. The summed E-state index contributed by atoms with van der Waals surface area (Å²) in [5.74, 6) is -1.68. The van der Waals surface area contributed by atoms with Gasteiger partial charge in [0, 0.05) is 65.7 Å². The number of halogens is 4. The molecule has 1 atom stereocenters. The monoisotopic (exact) mass is 675 g/mol. The number of aliphatic hydroxyl groups is 1. The predicted molar refractivity (Wildman–Crippen MR) is 170 cm³/mol. The number of hydrogen-bond donors (Lipinski definition) is 3. The lowest BCUT2D eigenvalue weighted by molar-refractivity contribution is -0.137. The smallest absolute Gasteiger partial charge is 0.421 e. The number of ether oxygens (including phenoxy) is 1. The Morgan fingerprint density at radius 2 is 1.94 bits per heavy atom. The Balaban J connectivity index is 1.49. The number of fused-ring (bicyclic) bond motifs is 1. The van der Waals surface area contributed by atoms with E-state index in [1.807, 2.05) is 19.1 Å². The van der Waals surface area contributed by atoms with Gasteiger partial charge in [-0.05, 0) is 55.3 Å². The molecule has 0 saturated carbocycles. The van der Waals surface area contributed by atoms with Crippen LogP contribution in [-0.2, 0) is 30.2 Å². The van der Waals surface area contributed by atoms with E-state index in [9.17, 15) is 18.0 Å². The maximum atomic E-state index is 15.8. The van der Waals surface area contributed by atoms with E-state index < -0.39 is 29.3 Å². The van der Waals surface area contributed by atoms with Crippen molar-refractivity contribution in [2.75, 3.05) is 44.2 Å². The zero-order chi connectivity index (χ0) is 33.7. The van der Waals surface area contributed by atoms with Gasteiger partial charge in [0.15, 0.2) is 0 Å². The predicted octanol–water partition coefficient (Wildman–Crippen LogP) is 6.13. The van der Waals surface area contributed by atoms with Crippen LogP contribution in [0.3, 0.4) is 0 Å². The first-order valence-electron chi connectivity index (χ1n) is 14.8. The Labute approximate surface area is 270 Å².